The number of ether oxygens (including phenoxy) is 1. The van der Waals surface area contributed by atoms with Crippen LogP contribution in [-0.4, -0.2) is 53.8 Å². The summed E-state index contributed by atoms with van der Waals surface area (Å²) >= 11 is 2.09. The van der Waals surface area contributed by atoms with Crippen molar-refractivity contribution in [2.45, 2.75) is 50.0 Å². The Morgan fingerprint density at radius 1 is 1.41 bits per heavy atom. The molecule has 0 aromatic carbocycles. The zero-order chi connectivity index (χ0) is 12.3. The molecular formula is C13H26N2OS. The van der Waals surface area contributed by atoms with Gasteiger partial charge >= 0.3 is 0 Å². The summed E-state index contributed by atoms with van der Waals surface area (Å²) in [5.74, 6) is 1.29. The van der Waals surface area contributed by atoms with E-state index in [4.69, 9.17) is 10.5 Å². The summed E-state index contributed by atoms with van der Waals surface area (Å²) in [5, 5.41) is 0.645. The molecule has 2 aliphatic rings. The first-order chi connectivity index (χ1) is 8.19. The molecule has 2 saturated heterocycles. The van der Waals surface area contributed by atoms with E-state index in [2.05, 4.69) is 30.5 Å². The van der Waals surface area contributed by atoms with Crippen LogP contribution in [0.15, 0.2) is 0 Å². The van der Waals surface area contributed by atoms with E-state index < -0.39 is 0 Å². The third-order valence-electron chi connectivity index (χ3n) is 4.31. The van der Waals surface area contributed by atoms with Crippen LogP contribution in [0.4, 0.5) is 0 Å². The molecule has 0 bridgehead atoms. The van der Waals surface area contributed by atoms with Crippen molar-refractivity contribution >= 4 is 11.8 Å². The van der Waals surface area contributed by atoms with Crippen LogP contribution in [0.25, 0.3) is 0 Å². The van der Waals surface area contributed by atoms with E-state index >= 15 is 0 Å². The minimum absolute atomic E-state index is 0.213. The van der Waals surface area contributed by atoms with E-state index in [9.17, 15) is 0 Å². The average Bonchev–Trinajstić information content (AvgIpc) is 2.55. The fourth-order valence-electron chi connectivity index (χ4n) is 3.21. The van der Waals surface area contributed by atoms with Crippen molar-refractivity contribution in [1.29, 1.82) is 0 Å². The van der Waals surface area contributed by atoms with Crippen LogP contribution < -0.4 is 5.73 Å². The lowest BCUT2D eigenvalue weighted by Gasteiger charge is -2.49. The molecule has 2 aliphatic heterocycles. The first kappa shape index (κ1) is 13.7. The van der Waals surface area contributed by atoms with Gasteiger partial charge < -0.3 is 10.5 Å². The summed E-state index contributed by atoms with van der Waals surface area (Å²) in [7, 11) is 0. The fraction of sp³-hybridized carbons (Fsp3) is 1.00. The maximum absolute atomic E-state index is 6.16. The van der Waals surface area contributed by atoms with Gasteiger partial charge in [0.25, 0.3) is 0 Å². The van der Waals surface area contributed by atoms with E-state index in [0.29, 0.717) is 11.4 Å². The summed E-state index contributed by atoms with van der Waals surface area (Å²) in [6.45, 7) is 8.42. The Morgan fingerprint density at radius 2 is 2.24 bits per heavy atom. The van der Waals surface area contributed by atoms with Gasteiger partial charge in [-0.3, -0.25) is 4.90 Å². The first-order valence-electron chi connectivity index (χ1n) is 6.87. The lowest BCUT2D eigenvalue weighted by Crippen LogP contribution is -2.62. The number of thioether (sulfide) groups is 1. The molecule has 0 aromatic rings. The van der Waals surface area contributed by atoms with Crippen molar-refractivity contribution in [1.82, 2.24) is 4.90 Å². The van der Waals surface area contributed by atoms with Crippen LogP contribution in [0.2, 0.25) is 0 Å². The summed E-state index contributed by atoms with van der Waals surface area (Å²) in [6.07, 6.45) is 4.05. The third kappa shape index (κ3) is 2.80. The second-order valence-electron chi connectivity index (χ2n) is 5.41. The molecule has 2 rings (SSSR count). The normalized spacial score (nSPS) is 41.1. The van der Waals surface area contributed by atoms with E-state index in [1.807, 2.05) is 0 Å². The lowest BCUT2D eigenvalue weighted by atomic mass is 9.87. The Kier molecular flexibility index (Phi) is 4.75. The largest absolute Gasteiger partial charge is 0.377 e. The summed E-state index contributed by atoms with van der Waals surface area (Å²) in [4.78, 5) is 2.63. The quantitative estimate of drug-likeness (QED) is 0.818. The minimum atomic E-state index is 0.213. The molecule has 4 heteroatoms. The van der Waals surface area contributed by atoms with Gasteiger partial charge in [-0.15, -0.1) is 0 Å². The van der Waals surface area contributed by atoms with E-state index in [1.165, 1.54) is 18.6 Å². The Bertz CT molecular complexity index is 252. The number of nitrogens with two attached hydrogens (primary N) is 1. The van der Waals surface area contributed by atoms with Crippen LogP contribution in [0.3, 0.4) is 0 Å². The maximum atomic E-state index is 6.16. The SMILES string of the molecule is CC1CN(C2(CN)CCCSC2C)CCCO1. The fourth-order valence-corrected chi connectivity index (χ4v) is 4.55. The molecule has 3 nitrogen and oxygen atoms in total. The lowest BCUT2D eigenvalue weighted by molar-refractivity contribution is 0.0330. The van der Waals surface area contributed by atoms with Crippen molar-refractivity contribution in [2.24, 2.45) is 5.73 Å². The minimum Gasteiger partial charge on any atom is -0.377 e. The number of hydrogen-bond acceptors (Lipinski definition) is 4. The molecule has 0 amide bonds. The van der Waals surface area contributed by atoms with Gasteiger partial charge in [0.15, 0.2) is 0 Å². The Morgan fingerprint density at radius 3 is 2.94 bits per heavy atom. The van der Waals surface area contributed by atoms with Crippen LogP contribution in [0.5, 0.6) is 0 Å². The van der Waals surface area contributed by atoms with Gasteiger partial charge in [0.05, 0.1) is 6.10 Å². The maximum Gasteiger partial charge on any atom is 0.0674 e. The molecular weight excluding hydrogens is 232 g/mol. The highest BCUT2D eigenvalue weighted by Crippen LogP contribution is 2.38. The molecule has 2 N–H and O–H groups in total. The highest BCUT2D eigenvalue weighted by molar-refractivity contribution is 8.00. The molecule has 17 heavy (non-hydrogen) atoms. The van der Waals surface area contributed by atoms with Crippen molar-refractivity contribution in [3.63, 3.8) is 0 Å². The van der Waals surface area contributed by atoms with Gasteiger partial charge in [-0.1, -0.05) is 6.92 Å². The molecule has 2 heterocycles. The predicted octanol–water partition coefficient (Wildman–Crippen LogP) is 1.71. The topological polar surface area (TPSA) is 38.5 Å². The predicted molar refractivity (Wildman–Crippen MR) is 74.5 cm³/mol. The average molecular weight is 258 g/mol. The van der Waals surface area contributed by atoms with Gasteiger partial charge in [-0.05, 0) is 31.9 Å². The van der Waals surface area contributed by atoms with E-state index in [0.717, 1.165) is 32.7 Å². The first-order valence-corrected chi connectivity index (χ1v) is 7.92. The van der Waals surface area contributed by atoms with Crippen LogP contribution in [0.1, 0.15) is 33.1 Å². The van der Waals surface area contributed by atoms with Crippen molar-refractivity contribution in [3.8, 4) is 0 Å². The van der Waals surface area contributed by atoms with Crippen molar-refractivity contribution in [2.75, 3.05) is 32.0 Å². The smallest absolute Gasteiger partial charge is 0.0674 e. The van der Waals surface area contributed by atoms with Gasteiger partial charge in [-0.2, -0.15) is 11.8 Å². The Hall–Kier alpha value is 0.230. The molecule has 2 fully saturated rings. The molecule has 3 unspecified atom stereocenters. The highest BCUT2D eigenvalue weighted by Gasteiger charge is 2.43. The third-order valence-corrected chi connectivity index (χ3v) is 5.78. The molecule has 0 aromatic heterocycles. The molecule has 3 atom stereocenters. The van der Waals surface area contributed by atoms with Gasteiger partial charge in [0.1, 0.15) is 0 Å². The van der Waals surface area contributed by atoms with E-state index in [1.54, 1.807) is 0 Å². The van der Waals surface area contributed by atoms with E-state index in [-0.39, 0.29) is 5.54 Å². The summed E-state index contributed by atoms with van der Waals surface area (Å²) in [6, 6.07) is 0. The second-order valence-corrected chi connectivity index (χ2v) is 6.85. The summed E-state index contributed by atoms with van der Waals surface area (Å²) in [5.41, 5.74) is 6.37. The zero-order valence-electron chi connectivity index (χ0n) is 11.2. The highest BCUT2D eigenvalue weighted by atomic mass is 32.2. The molecule has 0 aliphatic carbocycles. The van der Waals surface area contributed by atoms with Crippen LogP contribution in [-0.2, 0) is 4.74 Å². The summed E-state index contributed by atoms with van der Waals surface area (Å²) < 4.78 is 5.76. The molecule has 100 valence electrons. The number of rotatable bonds is 2. The standard InChI is InChI=1S/C13H26N2OS/c1-11-9-15(6-4-7-16-11)13(10-14)5-3-8-17-12(13)2/h11-12H,3-10,14H2,1-2H3. The van der Waals surface area contributed by atoms with Crippen LogP contribution >= 0.6 is 11.8 Å². The van der Waals surface area contributed by atoms with Crippen LogP contribution in [0, 0.1) is 0 Å². The van der Waals surface area contributed by atoms with Crippen molar-refractivity contribution < 1.29 is 4.74 Å². The zero-order valence-corrected chi connectivity index (χ0v) is 12.0. The molecule has 0 saturated carbocycles. The van der Waals surface area contributed by atoms with Crippen molar-refractivity contribution in [3.05, 3.63) is 0 Å². The molecule has 0 radical (unpaired) electrons. The Labute approximate surface area is 109 Å². The number of hydrogen-bond donors (Lipinski definition) is 1. The van der Waals surface area contributed by atoms with Gasteiger partial charge in [0.2, 0.25) is 0 Å². The monoisotopic (exact) mass is 258 g/mol. The van der Waals surface area contributed by atoms with Gasteiger partial charge in [0, 0.05) is 37.0 Å². The number of nitrogens with zero attached hydrogens (tertiary/aromatic N) is 1. The van der Waals surface area contributed by atoms with Gasteiger partial charge in [-0.25, -0.2) is 0 Å². The Balaban J connectivity index is 2.14. The molecule has 0 spiro atoms. The second kappa shape index (κ2) is 5.91.